The molecule has 0 fully saturated rings. The van der Waals surface area contributed by atoms with Crippen molar-refractivity contribution in [1.82, 2.24) is 0 Å². The normalized spacial score (nSPS) is 13.5. The predicted molar refractivity (Wildman–Crippen MR) is 215 cm³/mol. The number of rotatable bonds is 42. The van der Waals surface area contributed by atoms with Gasteiger partial charge in [-0.3, -0.25) is 13.8 Å². The van der Waals surface area contributed by atoms with E-state index < -0.39 is 13.9 Å². The number of unbranched alkanes of at least 4 members (excludes halogenated alkanes) is 29. The molecule has 0 aliphatic rings. The minimum atomic E-state index is -4.28. The van der Waals surface area contributed by atoms with Crippen LogP contribution in [0, 0.1) is 0 Å². The molecule has 0 aliphatic heterocycles. The monoisotopic (exact) mass is 746 g/mol. The highest BCUT2D eigenvalue weighted by atomic mass is 31.2. The van der Waals surface area contributed by atoms with Gasteiger partial charge in [-0.05, 0) is 25.3 Å². The van der Waals surface area contributed by atoms with Crippen LogP contribution in [0.15, 0.2) is 12.3 Å². The van der Waals surface area contributed by atoms with E-state index in [2.05, 4.69) is 13.8 Å². The predicted octanol–water partition coefficient (Wildman–Crippen LogP) is 13.0. The van der Waals surface area contributed by atoms with Gasteiger partial charge in [-0.1, -0.05) is 194 Å². The van der Waals surface area contributed by atoms with Gasteiger partial charge >= 0.3 is 13.8 Å². The lowest BCUT2D eigenvalue weighted by Crippen LogP contribution is -2.27. The number of allylic oxidation sites excluding steroid dienone is 1. The van der Waals surface area contributed by atoms with Crippen LogP contribution in [0.3, 0.4) is 0 Å². The number of esters is 1. The van der Waals surface area contributed by atoms with Crippen molar-refractivity contribution in [2.45, 2.75) is 225 Å². The molecule has 2 atom stereocenters. The number of phosphoric acid groups is 1. The summed E-state index contributed by atoms with van der Waals surface area (Å²) in [5.41, 5.74) is 5.36. The third-order valence-electron chi connectivity index (χ3n) is 9.53. The molecule has 0 aromatic rings. The maximum atomic E-state index is 12.5. The van der Waals surface area contributed by atoms with Crippen LogP contribution in [0.2, 0.25) is 0 Å². The number of nitrogens with two attached hydrogens (primary N) is 1. The second-order valence-corrected chi connectivity index (χ2v) is 16.1. The van der Waals surface area contributed by atoms with Crippen LogP contribution in [0.5, 0.6) is 0 Å². The fourth-order valence-corrected chi connectivity index (χ4v) is 7.08. The van der Waals surface area contributed by atoms with Gasteiger partial charge in [-0.25, -0.2) is 4.57 Å². The maximum absolute atomic E-state index is 12.5. The molecular formula is C42H84NO7P. The second kappa shape index (κ2) is 40.3. The summed E-state index contributed by atoms with van der Waals surface area (Å²) in [4.78, 5) is 22.4. The Kier molecular flexibility index (Phi) is 39.5. The topological polar surface area (TPSA) is 117 Å². The highest BCUT2D eigenvalue weighted by Gasteiger charge is 2.25. The zero-order chi connectivity index (χ0) is 37.4. The standard InChI is InChI=1S/C42H84NO7P/c1-3-5-7-9-11-13-15-17-19-20-21-22-24-26-28-30-32-34-37-47-39-41(40-49-51(45,46)48-38-36-43)50-42(44)35-33-31-29-27-25-23-18-16-14-12-10-8-6-4-2/h34,37,41H,3-33,35-36,38-40,43H2,1-2H3,(H,45,46)/b37-34-/t41-/m1/s1. The number of phosphoric ester groups is 1. The van der Waals surface area contributed by atoms with Gasteiger partial charge < -0.3 is 20.1 Å². The third-order valence-corrected chi connectivity index (χ3v) is 10.5. The summed E-state index contributed by atoms with van der Waals surface area (Å²) >= 11 is 0. The van der Waals surface area contributed by atoms with E-state index in [1.165, 1.54) is 167 Å². The van der Waals surface area contributed by atoms with Gasteiger partial charge in [0.25, 0.3) is 0 Å². The number of hydrogen-bond donors (Lipinski definition) is 2. The van der Waals surface area contributed by atoms with E-state index in [0.29, 0.717) is 6.42 Å². The van der Waals surface area contributed by atoms with Gasteiger partial charge in [-0.2, -0.15) is 0 Å². The van der Waals surface area contributed by atoms with Crippen molar-refractivity contribution in [3.05, 3.63) is 12.3 Å². The molecule has 0 bridgehead atoms. The smallest absolute Gasteiger partial charge is 0.472 e. The molecule has 0 saturated carbocycles. The second-order valence-electron chi connectivity index (χ2n) is 14.6. The zero-order valence-electron chi connectivity index (χ0n) is 33.6. The third kappa shape index (κ3) is 40.1. The lowest BCUT2D eigenvalue weighted by atomic mass is 10.0. The van der Waals surface area contributed by atoms with Gasteiger partial charge in [0.2, 0.25) is 0 Å². The van der Waals surface area contributed by atoms with Gasteiger partial charge in [0.1, 0.15) is 6.61 Å². The van der Waals surface area contributed by atoms with E-state index in [9.17, 15) is 14.3 Å². The SMILES string of the molecule is CCCCCCCCCCCCCCCCCC/C=C\OC[C@H](COP(=O)(O)OCCN)OC(=O)CCCCCCCCCCCCCCCC. The summed E-state index contributed by atoms with van der Waals surface area (Å²) in [5.74, 6) is -0.348. The summed E-state index contributed by atoms with van der Waals surface area (Å²) in [6.45, 7) is 4.28. The first-order valence-electron chi connectivity index (χ1n) is 21.7. The Balaban J connectivity index is 4.03. The van der Waals surface area contributed by atoms with Crippen molar-refractivity contribution in [3.8, 4) is 0 Å². The molecule has 1 unspecified atom stereocenters. The van der Waals surface area contributed by atoms with Crippen LogP contribution in [-0.4, -0.2) is 43.3 Å². The first-order chi connectivity index (χ1) is 24.9. The number of carbonyl (C=O) groups excluding carboxylic acids is 1. The molecule has 0 saturated heterocycles. The summed E-state index contributed by atoms with van der Waals surface area (Å²) < 4.78 is 33.2. The molecular weight excluding hydrogens is 661 g/mol. The van der Waals surface area contributed by atoms with Crippen LogP contribution in [0.4, 0.5) is 0 Å². The Hall–Kier alpha value is -0.920. The molecule has 0 amide bonds. The molecule has 0 aromatic heterocycles. The van der Waals surface area contributed by atoms with Crippen LogP contribution in [0.1, 0.15) is 219 Å². The van der Waals surface area contributed by atoms with Crippen molar-refractivity contribution >= 4 is 13.8 Å². The minimum absolute atomic E-state index is 0.0385. The molecule has 9 heteroatoms. The minimum Gasteiger partial charge on any atom is -0.498 e. The molecule has 3 N–H and O–H groups in total. The summed E-state index contributed by atoms with van der Waals surface area (Å²) in [7, 11) is -4.28. The molecule has 51 heavy (non-hydrogen) atoms. The van der Waals surface area contributed by atoms with E-state index in [-0.39, 0.29) is 32.3 Å². The Bertz CT molecular complexity index is 797. The van der Waals surface area contributed by atoms with Crippen molar-refractivity contribution in [3.63, 3.8) is 0 Å². The average molecular weight is 746 g/mol. The Morgan fingerprint density at radius 3 is 1.39 bits per heavy atom. The van der Waals surface area contributed by atoms with Crippen LogP contribution < -0.4 is 5.73 Å². The van der Waals surface area contributed by atoms with Crippen molar-refractivity contribution in [1.29, 1.82) is 0 Å². The molecule has 0 spiro atoms. The first-order valence-corrected chi connectivity index (χ1v) is 23.2. The van der Waals surface area contributed by atoms with Gasteiger partial charge in [0, 0.05) is 13.0 Å². The number of carbonyl (C=O) groups is 1. The van der Waals surface area contributed by atoms with E-state index in [0.717, 1.165) is 32.1 Å². The van der Waals surface area contributed by atoms with Gasteiger partial charge in [0.05, 0.1) is 19.5 Å². The zero-order valence-corrected chi connectivity index (χ0v) is 34.5. The molecule has 0 aliphatic carbocycles. The Morgan fingerprint density at radius 2 is 0.980 bits per heavy atom. The summed E-state index contributed by atoms with van der Waals surface area (Å²) in [6, 6.07) is 0. The number of hydrogen-bond acceptors (Lipinski definition) is 7. The van der Waals surface area contributed by atoms with E-state index >= 15 is 0 Å². The highest BCUT2D eigenvalue weighted by Crippen LogP contribution is 2.43. The molecule has 0 radical (unpaired) electrons. The lowest BCUT2D eigenvalue weighted by molar-refractivity contribution is -0.153. The fourth-order valence-electron chi connectivity index (χ4n) is 6.32. The van der Waals surface area contributed by atoms with Crippen molar-refractivity contribution < 1.29 is 32.8 Å². The molecule has 0 rings (SSSR count). The van der Waals surface area contributed by atoms with Crippen molar-refractivity contribution in [2.75, 3.05) is 26.4 Å². The van der Waals surface area contributed by atoms with Crippen LogP contribution in [-0.2, 0) is 27.9 Å². The largest absolute Gasteiger partial charge is 0.498 e. The highest BCUT2D eigenvalue weighted by molar-refractivity contribution is 7.47. The van der Waals surface area contributed by atoms with E-state index in [1.54, 1.807) is 6.26 Å². The lowest BCUT2D eigenvalue weighted by Gasteiger charge is -2.19. The van der Waals surface area contributed by atoms with Gasteiger partial charge in [0.15, 0.2) is 6.10 Å². The fraction of sp³-hybridized carbons (Fsp3) is 0.929. The van der Waals surface area contributed by atoms with Crippen LogP contribution >= 0.6 is 7.82 Å². The van der Waals surface area contributed by atoms with Gasteiger partial charge in [-0.15, -0.1) is 0 Å². The maximum Gasteiger partial charge on any atom is 0.472 e. The molecule has 0 aromatic carbocycles. The summed E-state index contributed by atoms with van der Waals surface area (Å²) in [6.07, 6.45) is 43.2. The average Bonchev–Trinajstić information content (AvgIpc) is 3.12. The Morgan fingerprint density at radius 1 is 0.588 bits per heavy atom. The van der Waals surface area contributed by atoms with Crippen LogP contribution in [0.25, 0.3) is 0 Å². The summed E-state index contributed by atoms with van der Waals surface area (Å²) in [5, 5.41) is 0. The quantitative estimate of drug-likeness (QED) is 0.0274. The van der Waals surface area contributed by atoms with E-state index in [1.807, 2.05) is 6.08 Å². The Labute approximate surface area is 315 Å². The molecule has 0 heterocycles. The first kappa shape index (κ1) is 50.1. The molecule has 8 nitrogen and oxygen atoms in total. The van der Waals surface area contributed by atoms with Crippen molar-refractivity contribution in [2.24, 2.45) is 5.73 Å². The van der Waals surface area contributed by atoms with E-state index in [4.69, 9.17) is 24.3 Å². The molecule has 304 valence electrons. The number of ether oxygens (including phenoxy) is 2.